The number of nitrogens with one attached hydrogen (secondary N) is 2. The van der Waals surface area contributed by atoms with E-state index in [2.05, 4.69) is 16.9 Å². The van der Waals surface area contributed by atoms with Gasteiger partial charge in [-0.2, -0.15) is 0 Å². The van der Waals surface area contributed by atoms with Gasteiger partial charge in [-0.05, 0) is 44.0 Å². The Morgan fingerprint density at radius 1 is 1.46 bits per heavy atom. The molecule has 0 saturated carbocycles. The zero-order valence-electron chi connectivity index (χ0n) is 13.8. The highest BCUT2D eigenvalue weighted by molar-refractivity contribution is 5.96. The molecular weight excluding hydrogens is 312 g/mol. The number of aromatic nitrogens is 1. The molecule has 1 amide bonds. The summed E-state index contributed by atoms with van der Waals surface area (Å²) in [5, 5.41) is 3.42. The Labute approximate surface area is 139 Å². The van der Waals surface area contributed by atoms with Gasteiger partial charge in [0.15, 0.2) is 0 Å². The predicted molar refractivity (Wildman–Crippen MR) is 91.6 cm³/mol. The second-order valence-corrected chi connectivity index (χ2v) is 6.26. The van der Waals surface area contributed by atoms with Crippen molar-refractivity contribution in [3.63, 3.8) is 0 Å². The van der Waals surface area contributed by atoms with Gasteiger partial charge in [-0.25, -0.2) is 8.78 Å². The Morgan fingerprint density at radius 3 is 2.92 bits per heavy atom. The summed E-state index contributed by atoms with van der Waals surface area (Å²) in [4.78, 5) is 16.6. The molecule has 3 rings (SSSR count). The molecule has 2 atom stereocenters. The lowest BCUT2D eigenvalue weighted by atomic mass is 10.0. The molecule has 1 fully saturated rings. The van der Waals surface area contributed by atoms with Gasteiger partial charge >= 0.3 is 0 Å². The van der Waals surface area contributed by atoms with Crippen molar-refractivity contribution in [1.29, 1.82) is 0 Å². The molecule has 2 N–H and O–H groups in total. The number of rotatable bonds is 3. The number of nitrogens with zero attached hydrogens (tertiary/aromatic N) is 1. The van der Waals surface area contributed by atoms with E-state index in [1.807, 2.05) is 18.7 Å². The molecule has 1 aliphatic rings. The van der Waals surface area contributed by atoms with Gasteiger partial charge in [0.05, 0.1) is 11.7 Å². The number of anilines is 1. The average molecular weight is 333 g/mol. The maximum Gasteiger partial charge on any atom is 0.243 e. The van der Waals surface area contributed by atoms with Crippen molar-refractivity contribution in [3.8, 4) is 0 Å². The van der Waals surface area contributed by atoms with E-state index >= 15 is 0 Å². The summed E-state index contributed by atoms with van der Waals surface area (Å²) in [5.74, 6) is -0.757. The Balaban J connectivity index is 1.99. The standard InChI is InChI=1S/C18H21F2N3O/c1-4-16(24)22-15-9-23(8-7-12(15)19)18-13(20)5-6-14-17(18)10(2)11(3)21-14/h4-6,12,15,21H,1,7-9H2,2-3H3,(H,22,24)/t12-,15+/m1/s1. The summed E-state index contributed by atoms with van der Waals surface area (Å²) in [5.41, 5.74) is 3.29. The molecule has 2 heterocycles. The van der Waals surface area contributed by atoms with Crippen LogP contribution in [0.4, 0.5) is 14.5 Å². The summed E-state index contributed by atoms with van der Waals surface area (Å²) in [6.07, 6.45) is 0.203. The van der Waals surface area contributed by atoms with Crippen LogP contribution >= 0.6 is 0 Å². The van der Waals surface area contributed by atoms with Crippen molar-refractivity contribution in [2.45, 2.75) is 32.5 Å². The van der Waals surface area contributed by atoms with E-state index in [9.17, 15) is 13.6 Å². The molecule has 1 aromatic carbocycles. The van der Waals surface area contributed by atoms with Crippen molar-refractivity contribution >= 4 is 22.5 Å². The third-order valence-corrected chi connectivity index (χ3v) is 4.75. The number of H-pyrrole nitrogens is 1. The van der Waals surface area contributed by atoms with E-state index in [0.29, 0.717) is 12.2 Å². The molecule has 0 aliphatic carbocycles. The Bertz CT molecular complexity index is 799. The van der Waals surface area contributed by atoms with Gasteiger partial charge in [0.25, 0.3) is 0 Å². The second kappa shape index (κ2) is 6.26. The molecule has 24 heavy (non-hydrogen) atoms. The number of fused-ring (bicyclic) bond motifs is 1. The number of benzene rings is 1. The molecule has 0 radical (unpaired) electrons. The first kappa shape index (κ1) is 16.5. The fourth-order valence-electron chi connectivity index (χ4n) is 3.35. The van der Waals surface area contributed by atoms with Crippen LogP contribution in [0.1, 0.15) is 17.7 Å². The maximum absolute atomic E-state index is 14.6. The van der Waals surface area contributed by atoms with Crippen LogP contribution in [0.2, 0.25) is 0 Å². The SMILES string of the molecule is C=CC(=O)N[C@H]1CN(c2c(F)ccc3[nH]c(C)c(C)c23)CC[C@H]1F. The molecule has 0 unspecified atom stereocenters. The Hall–Kier alpha value is -2.37. The van der Waals surface area contributed by atoms with Gasteiger partial charge in [0.1, 0.15) is 12.0 Å². The largest absolute Gasteiger partial charge is 0.366 e. The highest BCUT2D eigenvalue weighted by Gasteiger charge is 2.32. The van der Waals surface area contributed by atoms with E-state index in [1.54, 1.807) is 6.07 Å². The maximum atomic E-state index is 14.6. The zero-order valence-corrected chi connectivity index (χ0v) is 13.8. The minimum absolute atomic E-state index is 0.223. The fraction of sp³-hybridized carbons (Fsp3) is 0.389. The average Bonchev–Trinajstić information content (AvgIpc) is 2.85. The first-order valence-electron chi connectivity index (χ1n) is 8.01. The topological polar surface area (TPSA) is 48.1 Å². The van der Waals surface area contributed by atoms with Crippen LogP contribution in [-0.2, 0) is 4.79 Å². The van der Waals surface area contributed by atoms with Crippen LogP contribution in [0.5, 0.6) is 0 Å². The first-order valence-corrected chi connectivity index (χ1v) is 8.01. The van der Waals surface area contributed by atoms with E-state index in [-0.39, 0.29) is 18.8 Å². The van der Waals surface area contributed by atoms with Crippen molar-refractivity contribution < 1.29 is 13.6 Å². The zero-order chi connectivity index (χ0) is 17.4. The summed E-state index contributed by atoms with van der Waals surface area (Å²) < 4.78 is 28.7. The molecule has 1 aromatic heterocycles. The van der Waals surface area contributed by atoms with E-state index in [0.717, 1.165) is 28.2 Å². The molecule has 0 spiro atoms. The third kappa shape index (κ3) is 2.77. The van der Waals surface area contributed by atoms with Gasteiger partial charge in [-0.1, -0.05) is 6.58 Å². The highest BCUT2D eigenvalue weighted by Crippen LogP contribution is 2.35. The highest BCUT2D eigenvalue weighted by atomic mass is 19.1. The summed E-state index contributed by atoms with van der Waals surface area (Å²) >= 11 is 0. The number of carbonyl (C=O) groups excluding carboxylic acids is 1. The minimum Gasteiger partial charge on any atom is -0.366 e. The molecule has 4 nitrogen and oxygen atoms in total. The smallest absolute Gasteiger partial charge is 0.243 e. The number of piperidine rings is 1. The van der Waals surface area contributed by atoms with Crippen LogP contribution in [0.25, 0.3) is 10.9 Å². The van der Waals surface area contributed by atoms with Crippen molar-refractivity contribution in [2.75, 3.05) is 18.0 Å². The lowest BCUT2D eigenvalue weighted by Crippen LogP contribution is -2.53. The van der Waals surface area contributed by atoms with Crippen LogP contribution in [0.15, 0.2) is 24.8 Å². The van der Waals surface area contributed by atoms with Crippen LogP contribution in [0, 0.1) is 19.7 Å². The molecule has 6 heteroatoms. The van der Waals surface area contributed by atoms with E-state index in [4.69, 9.17) is 0 Å². The molecule has 1 saturated heterocycles. The van der Waals surface area contributed by atoms with Crippen LogP contribution in [-0.4, -0.2) is 36.2 Å². The van der Waals surface area contributed by atoms with Crippen LogP contribution < -0.4 is 10.2 Å². The van der Waals surface area contributed by atoms with Gasteiger partial charge in [-0.15, -0.1) is 0 Å². The Morgan fingerprint density at radius 2 is 2.21 bits per heavy atom. The van der Waals surface area contributed by atoms with Gasteiger partial charge < -0.3 is 15.2 Å². The number of aryl methyl sites for hydroxylation is 2. The van der Waals surface area contributed by atoms with E-state index in [1.165, 1.54) is 6.07 Å². The number of halogens is 2. The van der Waals surface area contributed by atoms with Crippen molar-refractivity contribution in [1.82, 2.24) is 10.3 Å². The summed E-state index contributed by atoms with van der Waals surface area (Å²) in [6, 6.07) is 2.46. The first-order chi connectivity index (χ1) is 11.4. The normalized spacial score (nSPS) is 21.1. The lowest BCUT2D eigenvalue weighted by molar-refractivity contribution is -0.117. The monoisotopic (exact) mass is 333 g/mol. The van der Waals surface area contributed by atoms with Gasteiger partial charge in [0.2, 0.25) is 5.91 Å². The summed E-state index contributed by atoms with van der Waals surface area (Å²) in [6.45, 7) is 7.90. The van der Waals surface area contributed by atoms with E-state index < -0.39 is 18.1 Å². The molecule has 128 valence electrons. The number of hydrogen-bond donors (Lipinski definition) is 2. The number of hydrogen-bond acceptors (Lipinski definition) is 2. The number of aromatic amines is 1. The number of carbonyl (C=O) groups is 1. The molecule has 0 bridgehead atoms. The Kier molecular flexibility index (Phi) is 4.30. The predicted octanol–water partition coefficient (Wildman–Crippen LogP) is 3.14. The van der Waals surface area contributed by atoms with Crippen molar-refractivity contribution in [2.24, 2.45) is 0 Å². The quantitative estimate of drug-likeness (QED) is 0.848. The number of amides is 1. The van der Waals surface area contributed by atoms with Crippen molar-refractivity contribution in [3.05, 3.63) is 41.9 Å². The van der Waals surface area contributed by atoms with Gasteiger partial charge in [0, 0.05) is 29.7 Å². The summed E-state index contributed by atoms with van der Waals surface area (Å²) in [7, 11) is 0. The molecule has 1 aliphatic heterocycles. The third-order valence-electron chi connectivity index (χ3n) is 4.75. The second-order valence-electron chi connectivity index (χ2n) is 6.26. The number of alkyl halides is 1. The van der Waals surface area contributed by atoms with Crippen LogP contribution in [0.3, 0.4) is 0 Å². The molecular formula is C18H21F2N3O. The minimum atomic E-state index is -1.15. The fourth-order valence-corrected chi connectivity index (χ4v) is 3.35. The lowest BCUT2D eigenvalue weighted by Gasteiger charge is -2.37. The molecule has 2 aromatic rings. The van der Waals surface area contributed by atoms with Gasteiger partial charge in [-0.3, -0.25) is 4.79 Å².